The minimum atomic E-state index is -1.02. The van der Waals surface area contributed by atoms with Gasteiger partial charge in [-0.3, -0.25) is 0 Å². The Hall–Kier alpha value is -2.80. The highest BCUT2D eigenvalue weighted by Gasteiger charge is 2.23. The molecule has 0 saturated carbocycles. The summed E-state index contributed by atoms with van der Waals surface area (Å²) in [4.78, 5) is 25.3. The van der Waals surface area contributed by atoms with Crippen LogP contribution in [-0.4, -0.2) is 15.4 Å². The predicted octanol–water partition coefficient (Wildman–Crippen LogP) is 4.49. The summed E-state index contributed by atoms with van der Waals surface area (Å²) in [6, 6.07) is 28.2. The van der Waals surface area contributed by atoms with Gasteiger partial charge in [-0.25, -0.2) is 9.59 Å². The first-order valence-corrected chi connectivity index (χ1v) is 10.9. The normalized spacial score (nSPS) is 10.1. The first-order chi connectivity index (χ1) is 13.7. The summed E-state index contributed by atoms with van der Waals surface area (Å²) in [5.74, 6) is -1.22. The number of benzene rings is 3. The van der Waals surface area contributed by atoms with Crippen molar-refractivity contribution in [3.05, 3.63) is 106 Å². The van der Waals surface area contributed by atoms with Crippen LogP contribution in [0.2, 0.25) is 0 Å². The first-order valence-electron chi connectivity index (χ1n) is 8.71. The average molecular weight is 486 g/mol. The van der Waals surface area contributed by atoms with Gasteiger partial charge in [0.25, 0.3) is 0 Å². The van der Waals surface area contributed by atoms with Crippen LogP contribution in [0.4, 0.5) is 0 Å². The lowest BCUT2D eigenvalue weighted by molar-refractivity contribution is -0.141. The second-order valence-electron chi connectivity index (χ2n) is 5.83. The largest absolute Gasteiger partial charge is 0.457 e. The molecule has 5 heteroatoms. The Kier molecular flexibility index (Phi) is 7.49. The zero-order valence-electron chi connectivity index (χ0n) is 15.1. The molecule has 0 aliphatic rings. The van der Waals surface area contributed by atoms with Gasteiger partial charge in [-0.2, -0.15) is 0 Å². The fourth-order valence-electron chi connectivity index (χ4n) is 2.32. The van der Waals surface area contributed by atoms with E-state index >= 15 is 0 Å². The molecule has 142 valence electrons. The van der Waals surface area contributed by atoms with E-state index < -0.39 is 32.7 Å². The minimum Gasteiger partial charge on any atom is -0.457 e. The van der Waals surface area contributed by atoms with Crippen LogP contribution >= 0.6 is 20.7 Å². The Morgan fingerprint density at radius 1 is 0.607 bits per heavy atom. The van der Waals surface area contributed by atoms with Gasteiger partial charge in [0, 0.05) is 3.57 Å². The molecule has 0 fully saturated rings. The maximum Gasteiger partial charge on any atom is 0.351 e. The van der Waals surface area contributed by atoms with Gasteiger partial charge in [0.05, 0.1) is 0 Å². The van der Waals surface area contributed by atoms with Crippen LogP contribution in [0.1, 0.15) is 11.1 Å². The molecular weight excluding hydrogens is 467 g/mol. The molecule has 0 atom stereocenters. The van der Waals surface area contributed by atoms with Gasteiger partial charge in [0.2, 0.25) is 0 Å². The standard InChI is InChI=1S/C23H19IO4/c25-22(27-16-18-10-4-1-5-11-18)21(24-20-14-8-3-9-15-20)23(26)28-17-19-12-6-2-7-13-19/h1-15H,16-17H2. The summed E-state index contributed by atoms with van der Waals surface area (Å²) in [6.45, 7) is 0.237. The molecule has 0 amide bonds. The molecule has 0 spiro atoms. The van der Waals surface area contributed by atoms with Crippen LogP contribution in [0.3, 0.4) is 0 Å². The van der Waals surface area contributed by atoms with Gasteiger partial charge in [-0.1, -0.05) is 99.6 Å². The highest BCUT2D eigenvalue weighted by molar-refractivity contribution is 14.2. The van der Waals surface area contributed by atoms with Crippen molar-refractivity contribution in [3.8, 4) is 0 Å². The zero-order chi connectivity index (χ0) is 19.6. The summed E-state index contributed by atoms with van der Waals surface area (Å²) < 4.78 is 11.8. The molecule has 0 unspecified atom stereocenters. The quantitative estimate of drug-likeness (QED) is 0.281. The van der Waals surface area contributed by atoms with E-state index in [-0.39, 0.29) is 16.7 Å². The topological polar surface area (TPSA) is 52.6 Å². The minimum absolute atomic E-state index is 0.0943. The molecule has 0 aliphatic carbocycles. The monoisotopic (exact) mass is 486 g/mol. The maximum atomic E-state index is 12.6. The molecule has 4 nitrogen and oxygen atoms in total. The fraction of sp³-hybridized carbons (Fsp3) is 0.0870. The molecule has 0 saturated heterocycles. The van der Waals surface area contributed by atoms with Crippen LogP contribution in [0.25, 0.3) is 0 Å². The molecule has 28 heavy (non-hydrogen) atoms. The van der Waals surface area contributed by atoms with Gasteiger partial charge < -0.3 is 9.47 Å². The number of hydrogen-bond donors (Lipinski definition) is 0. The lowest BCUT2D eigenvalue weighted by atomic mass is 10.2. The van der Waals surface area contributed by atoms with Crippen molar-refractivity contribution in [3.63, 3.8) is 0 Å². The lowest BCUT2D eigenvalue weighted by Gasteiger charge is -2.09. The van der Waals surface area contributed by atoms with Gasteiger partial charge in [-0.15, -0.1) is 0 Å². The SMILES string of the molecule is O=C(OCc1ccccc1)C(=Ic1ccccc1)C(=O)OCc1ccccc1. The molecule has 0 N–H and O–H groups in total. The van der Waals surface area contributed by atoms with Gasteiger partial charge in [-0.05, 0) is 23.3 Å². The van der Waals surface area contributed by atoms with Crippen molar-refractivity contribution >= 4 is 36.2 Å². The second kappa shape index (κ2) is 10.5. The Morgan fingerprint density at radius 2 is 1.00 bits per heavy atom. The Labute approximate surface area is 173 Å². The van der Waals surface area contributed by atoms with E-state index in [4.69, 9.17) is 9.47 Å². The van der Waals surface area contributed by atoms with E-state index in [0.29, 0.717) is 0 Å². The molecule has 0 heterocycles. The molecular formula is C23H19IO4. The lowest BCUT2D eigenvalue weighted by Crippen LogP contribution is -2.26. The van der Waals surface area contributed by atoms with E-state index in [1.165, 1.54) is 0 Å². The molecule has 0 bridgehead atoms. The Bertz CT molecular complexity index is 881. The maximum absolute atomic E-state index is 12.6. The van der Waals surface area contributed by atoms with E-state index in [0.717, 1.165) is 14.7 Å². The van der Waals surface area contributed by atoms with Crippen molar-refractivity contribution in [2.75, 3.05) is 0 Å². The van der Waals surface area contributed by atoms with Crippen LogP contribution in [-0.2, 0) is 32.3 Å². The molecule has 0 aliphatic heterocycles. The number of halogens is 1. The number of ether oxygens (including phenoxy) is 2. The number of esters is 2. The summed E-state index contributed by atoms with van der Waals surface area (Å²) in [6.07, 6.45) is 0. The molecule has 3 aromatic rings. The molecule has 3 aromatic carbocycles. The summed E-state index contributed by atoms with van der Waals surface area (Å²) in [5, 5.41) is 0. The second-order valence-corrected chi connectivity index (χ2v) is 8.69. The number of hydrogen-bond acceptors (Lipinski definition) is 4. The average Bonchev–Trinajstić information content (AvgIpc) is 2.76. The fourth-order valence-corrected chi connectivity index (χ4v) is 4.47. The van der Waals surface area contributed by atoms with Crippen molar-refractivity contribution in [2.45, 2.75) is 13.2 Å². The van der Waals surface area contributed by atoms with Crippen LogP contribution < -0.4 is 0 Å². The van der Waals surface area contributed by atoms with Crippen molar-refractivity contribution in [2.24, 2.45) is 0 Å². The Morgan fingerprint density at radius 3 is 1.43 bits per heavy atom. The number of carbonyl (C=O) groups excluding carboxylic acids is 2. The molecule has 3 rings (SSSR count). The molecule has 0 radical (unpaired) electrons. The number of rotatable bonds is 7. The Balaban J connectivity index is 1.73. The summed E-state index contributed by atoms with van der Waals surface area (Å²) >= 11 is -1.02. The highest BCUT2D eigenvalue weighted by Crippen LogP contribution is 2.16. The van der Waals surface area contributed by atoms with Crippen molar-refractivity contribution in [1.82, 2.24) is 0 Å². The van der Waals surface area contributed by atoms with Gasteiger partial charge in [0.1, 0.15) is 13.2 Å². The van der Waals surface area contributed by atoms with Gasteiger partial charge in [0.15, 0.2) is 3.51 Å². The highest BCUT2D eigenvalue weighted by atomic mass is 127. The summed E-state index contributed by atoms with van der Waals surface area (Å²) in [5.41, 5.74) is 1.73. The van der Waals surface area contributed by atoms with Crippen LogP contribution in [0.15, 0.2) is 91.0 Å². The predicted molar refractivity (Wildman–Crippen MR) is 117 cm³/mol. The number of carbonyl (C=O) groups is 2. The molecule has 0 aromatic heterocycles. The van der Waals surface area contributed by atoms with Crippen molar-refractivity contribution in [1.29, 1.82) is 0 Å². The van der Waals surface area contributed by atoms with Crippen LogP contribution in [0, 0.1) is 3.57 Å². The third kappa shape index (κ3) is 6.13. The van der Waals surface area contributed by atoms with E-state index in [9.17, 15) is 9.59 Å². The third-order valence-electron chi connectivity index (χ3n) is 3.72. The summed E-state index contributed by atoms with van der Waals surface area (Å²) in [7, 11) is 0. The smallest absolute Gasteiger partial charge is 0.351 e. The van der Waals surface area contributed by atoms with Gasteiger partial charge >= 0.3 is 11.9 Å². The van der Waals surface area contributed by atoms with Crippen molar-refractivity contribution < 1.29 is 19.1 Å². The zero-order valence-corrected chi connectivity index (χ0v) is 17.2. The van der Waals surface area contributed by atoms with E-state index in [1.54, 1.807) is 0 Å². The van der Waals surface area contributed by atoms with Crippen LogP contribution in [0.5, 0.6) is 0 Å². The van der Waals surface area contributed by atoms with E-state index in [2.05, 4.69) is 0 Å². The third-order valence-corrected chi connectivity index (χ3v) is 6.48. The first kappa shape index (κ1) is 19.9. The van der Waals surface area contributed by atoms with E-state index in [1.807, 2.05) is 91.0 Å².